The molecular weight excluding hydrogens is 230 g/mol. The molecule has 2 unspecified atom stereocenters. The van der Waals surface area contributed by atoms with Crippen molar-refractivity contribution in [2.24, 2.45) is 5.92 Å². The molecule has 2 atom stereocenters. The molecule has 2 aliphatic rings. The van der Waals surface area contributed by atoms with Crippen LogP contribution in [0.1, 0.15) is 29.6 Å². The Morgan fingerprint density at radius 1 is 1.33 bits per heavy atom. The quantitative estimate of drug-likeness (QED) is 0.857. The van der Waals surface area contributed by atoms with Crippen molar-refractivity contribution in [2.45, 2.75) is 31.4 Å². The van der Waals surface area contributed by atoms with Crippen LogP contribution < -0.4 is 5.32 Å². The molecule has 1 aromatic carbocycles. The topological polar surface area (TPSA) is 58.6 Å². The first kappa shape index (κ1) is 11.5. The normalized spacial score (nSPS) is 27.1. The Morgan fingerprint density at radius 2 is 2.17 bits per heavy atom. The van der Waals surface area contributed by atoms with E-state index >= 15 is 0 Å². The summed E-state index contributed by atoms with van der Waals surface area (Å²) < 4.78 is 5.76. The molecule has 1 aromatic rings. The average molecular weight is 247 g/mol. The molecule has 2 N–H and O–H groups in total. The van der Waals surface area contributed by atoms with Crippen LogP contribution in [0.4, 0.5) is 5.69 Å². The Hall–Kier alpha value is -1.55. The van der Waals surface area contributed by atoms with E-state index < -0.39 is 5.97 Å². The van der Waals surface area contributed by atoms with E-state index in [0.717, 1.165) is 18.7 Å². The van der Waals surface area contributed by atoms with Crippen molar-refractivity contribution in [3.63, 3.8) is 0 Å². The predicted octanol–water partition coefficient (Wildman–Crippen LogP) is 2.36. The van der Waals surface area contributed by atoms with Crippen molar-refractivity contribution in [3.05, 3.63) is 29.8 Å². The number of nitrogens with one attached hydrogen (secondary N) is 1. The molecule has 0 radical (unpaired) electrons. The summed E-state index contributed by atoms with van der Waals surface area (Å²) in [5.41, 5.74) is 1.19. The molecule has 0 bridgehead atoms. The van der Waals surface area contributed by atoms with Crippen molar-refractivity contribution in [1.29, 1.82) is 0 Å². The molecule has 3 rings (SSSR count). The van der Waals surface area contributed by atoms with E-state index in [0.29, 0.717) is 23.6 Å². The number of ether oxygens (including phenoxy) is 1. The van der Waals surface area contributed by atoms with E-state index in [9.17, 15) is 4.79 Å². The van der Waals surface area contributed by atoms with Gasteiger partial charge in [-0.15, -0.1) is 0 Å². The van der Waals surface area contributed by atoms with E-state index in [1.54, 1.807) is 18.2 Å². The van der Waals surface area contributed by atoms with Gasteiger partial charge in [0.15, 0.2) is 0 Å². The average Bonchev–Trinajstić information content (AvgIpc) is 3.11. The first-order chi connectivity index (χ1) is 8.74. The van der Waals surface area contributed by atoms with Crippen LogP contribution in [-0.4, -0.2) is 29.8 Å². The zero-order valence-corrected chi connectivity index (χ0v) is 10.1. The van der Waals surface area contributed by atoms with Gasteiger partial charge in [-0.2, -0.15) is 0 Å². The van der Waals surface area contributed by atoms with Crippen molar-refractivity contribution in [3.8, 4) is 0 Å². The minimum absolute atomic E-state index is 0.304. The number of carboxylic acid groups (broad SMARTS) is 1. The molecule has 0 amide bonds. The highest BCUT2D eigenvalue weighted by molar-refractivity contribution is 5.88. The van der Waals surface area contributed by atoms with Gasteiger partial charge in [0.1, 0.15) is 0 Å². The zero-order chi connectivity index (χ0) is 12.5. The molecule has 2 fully saturated rings. The summed E-state index contributed by atoms with van der Waals surface area (Å²) in [5, 5.41) is 12.4. The summed E-state index contributed by atoms with van der Waals surface area (Å²) in [4.78, 5) is 10.9. The number of carboxylic acids is 1. The van der Waals surface area contributed by atoms with Gasteiger partial charge in [0.05, 0.1) is 17.7 Å². The summed E-state index contributed by atoms with van der Waals surface area (Å²) in [6.45, 7) is 0.803. The van der Waals surface area contributed by atoms with Crippen LogP contribution in [0.25, 0.3) is 0 Å². The van der Waals surface area contributed by atoms with Crippen LogP contribution >= 0.6 is 0 Å². The largest absolute Gasteiger partial charge is 0.478 e. The third-order valence-corrected chi connectivity index (χ3v) is 3.68. The van der Waals surface area contributed by atoms with E-state index in [1.807, 2.05) is 6.07 Å². The van der Waals surface area contributed by atoms with Gasteiger partial charge in [-0.05, 0) is 43.4 Å². The number of hydrogen-bond donors (Lipinski definition) is 2. The highest BCUT2D eigenvalue weighted by Crippen LogP contribution is 2.39. The molecule has 1 aliphatic heterocycles. The third-order valence-electron chi connectivity index (χ3n) is 3.68. The Labute approximate surface area is 106 Å². The Morgan fingerprint density at radius 3 is 2.89 bits per heavy atom. The molecule has 1 heterocycles. The van der Waals surface area contributed by atoms with Gasteiger partial charge in [0.2, 0.25) is 0 Å². The summed E-state index contributed by atoms with van der Waals surface area (Å²) in [6.07, 6.45) is 3.83. The van der Waals surface area contributed by atoms with Crippen LogP contribution in [0.3, 0.4) is 0 Å². The Balaban J connectivity index is 1.71. The van der Waals surface area contributed by atoms with Crippen molar-refractivity contribution < 1.29 is 14.6 Å². The lowest BCUT2D eigenvalue weighted by Gasteiger charge is -2.20. The fourth-order valence-electron chi connectivity index (χ4n) is 2.61. The molecule has 18 heavy (non-hydrogen) atoms. The lowest BCUT2D eigenvalue weighted by atomic mass is 10.1. The Kier molecular flexibility index (Phi) is 2.96. The van der Waals surface area contributed by atoms with Crippen molar-refractivity contribution in [2.75, 3.05) is 11.9 Å². The van der Waals surface area contributed by atoms with E-state index in [2.05, 4.69) is 5.32 Å². The second kappa shape index (κ2) is 4.61. The Bertz CT molecular complexity index is 456. The summed E-state index contributed by atoms with van der Waals surface area (Å²) >= 11 is 0. The SMILES string of the molecule is O=C(O)c1cccc(NC2CCOC2C2CC2)c1. The molecule has 0 aromatic heterocycles. The minimum Gasteiger partial charge on any atom is -0.478 e. The number of anilines is 1. The monoisotopic (exact) mass is 247 g/mol. The van der Waals surface area contributed by atoms with Gasteiger partial charge in [-0.25, -0.2) is 4.79 Å². The first-order valence-corrected chi connectivity index (χ1v) is 6.45. The molecule has 4 nitrogen and oxygen atoms in total. The standard InChI is InChI=1S/C14H17NO3/c16-14(17)10-2-1-3-11(8-10)15-12-6-7-18-13(12)9-4-5-9/h1-3,8-9,12-13,15H,4-7H2,(H,16,17). The lowest BCUT2D eigenvalue weighted by molar-refractivity contribution is 0.0697. The van der Waals surface area contributed by atoms with Crippen LogP contribution in [-0.2, 0) is 4.74 Å². The van der Waals surface area contributed by atoms with Gasteiger partial charge in [0.25, 0.3) is 0 Å². The van der Waals surface area contributed by atoms with Gasteiger partial charge < -0.3 is 15.2 Å². The van der Waals surface area contributed by atoms with Gasteiger partial charge in [0, 0.05) is 12.3 Å². The molecule has 4 heteroatoms. The number of aromatic carboxylic acids is 1. The van der Waals surface area contributed by atoms with Crippen LogP contribution in [0, 0.1) is 5.92 Å². The second-order valence-corrected chi connectivity index (χ2v) is 5.10. The van der Waals surface area contributed by atoms with E-state index in [1.165, 1.54) is 12.8 Å². The number of carbonyl (C=O) groups is 1. The van der Waals surface area contributed by atoms with Gasteiger partial charge in [-0.1, -0.05) is 6.07 Å². The smallest absolute Gasteiger partial charge is 0.335 e. The number of hydrogen-bond acceptors (Lipinski definition) is 3. The molecule has 1 aliphatic carbocycles. The molecule has 96 valence electrons. The maximum atomic E-state index is 10.9. The van der Waals surface area contributed by atoms with Crippen LogP contribution in [0.5, 0.6) is 0 Å². The molecule has 1 saturated heterocycles. The maximum Gasteiger partial charge on any atom is 0.335 e. The molecular formula is C14H17NO3. The minimum atomic E-state index is -0.889. The number of rotatable bonds is 4. The van der Waals surface area contributed by atoms with Crippen LogP contribution in [0.2, 0.25) is 0 Å². The highest BCUT2D eigenvalue weighted by atomic mass is 16.5. The van der Waals surface area contributed by atoms with Crippen molar-refractivity contribution >= 4 is 11.7 Å². The molecule has 0 spiro atoms. The first-order valence-electron chi connectivity index (χ1n) is 6.45. The highest BCUT2D eigenvalue weighted by Gasteiger charge is 2.40. The second-order valence-electron chi connectivity index (χ2n) is 5.10. The fourth-order valence-corrected chi connectivity index (χ4v) is 2.61. The van der Waals surface area contributed by atoms with Gasteiger partial charge >= 0.3 is 5.97 Å². The zero-order valence-electron chi connectivity index (χ0n) is 10.1. The predicted molar refractivity (Wildman–Crippen MR) is 67.9 cm³/mol. The molecule has 1 saturated carbocycles. The lowest BCUT2D eigenvalue weighted by Crippen LogP contribution is -2.30. The summed E-state index contributed by atoms with van der Waals surface area (Å²) in [7, 11) is 0. The van der Waals surface area contributed by atoms with Crippen LogP contribution in [0.15, 0.2) is 24.3 Å². The van der Waals surface area contributed by atoms with Gasteiger partial charge in [-0.3, -0.25) is 0 Å². The van der Waals surface area contributed by atoms with Crippen molar-refractivity contribution in [1.82, 2.24) is 0 Å². The third kappa shape index (κ3) is 2.34. The fraction of sp³-hybridized carbons (Fsp3) is 0.500. The summed E-state index contributed by atoms with van der Waals surface area (Å²) in [5.74, 6) is -0.187. The van der Waals surface area contributed by atoms with E-state index in [-0.39, 0.29) is 0 Å². The van der Waals surface area contributed by atoms with E-state index in [4.69, 9.17) is 9.84 Å². The number of benzene rings is 1. The maximum absolute atomic E-state index is 10.9. The summed E-state index contributed by atoms with van der Waals surface area (Å²) in [6, 6.07) is 7.30.